The number of nitrogens with one attached hydrogen (secondary N) is 1. The molecule has 1 aliphatic carbocycles. The van der Waals surface area contributed by atoms with Gasteiger partial charge in [-0.15, -0.1) is 0 Å². The molecule has 3 fully saturated rings. The zero-order chi connectivity index (χ0) is 20.2. The Morgan fingerprint density at radius 2 is 1.97 bits per heavy atom. The minimum atomic E-state index is -0.294. The summed E-state index contributed by atoms with van der Waals surface area (Å²) in [5, 5.41) is 3.71. The molecule has 2 amide bonds. The van der Waals surface area contributed by atoms with E-state index in [0.29, 0.717) is 42.1 Å². The molecule has 7 nitrogen and oxygen atoms in total. The molecule has 3 heterocycles. The molecular weight excluding hydrogens is 370 g/mol. The minimum absolute atomic E-state index is 0.0129. The Bertz CT molecular complexity index is 829. The Morgan fingerprint density at radius 3 is 2.66 bits per heavy atom. The summed E-state index contributed by atoms with van der Waals surface area (Å²) in [5.74, 6) is 1.90. The molecule has 2 unspecified atom stereocenters. The van der Waals surface area contributed by atoms with Gasteiger partial charge in [-0.25, -0.2) is 0 Å². The molecule has 1 saturated carbocycles. The first-order valence-electron chi connectivity index (χ1n) is 10.8. The van der Waals surface area contributed by atoms with Gasteiger partial charge in [0.25, 0.3) is 5.91 Å². The van der Waals surface area contributed by atoms with Gasteiger partial charge < -0.3 is 19.3 Å². The van der Waals surface area contributed by atoms with Gasteiger partial charge in [-0.3, -0.25) is 14.9 Å². The molecule has 1 aromatic rings. The lowest BCUT2D eigenvalue weighted by Crippen LogP contribution is -2.60. The van der Waals surface area contributed by atoms with Crippen molar-refractivity contribution < 1.29 is 19.1 Å². The second-order valence-corrected chi connectivity index (χ2v) is 8.84. The van der Waals surface area contributed by atoms with E-state index in [2.05, 4.69) is 24.1 Å². The normalized spacial score (nSPS) is 26.3. The largest absolute Gasteiger partial charge is 0.454 e. The molecule has 1 spiro atoms. The summed E-state index contributed by atoms with van der Waals surface area (Å²) < 4.78 is 10.7. The van der Waals surface area contributed by atoms with Gasteiger partial charge in [0.15, 0.2) is 11.5 Å². The topological polar surface area (TPSA) is 71.1 Å². The number of benzene rings is 1. The summed E-state index contributed by atoms with van der Waals surface area (Å²) in [4.78, 5) is 30.3. The van der Waals surface area contributed by atoms with Crippen LogP contribution in [0.5, 0.6) is 11.5 Å². The first-order chi connectivity index (χ1) is 14.0. The molecule has 1 aromatic carbocycles. The van der Waals surface area contributed by atoms with Crippen molar-refractivity contribution in [3.63, 3.8) is 0 Å². The fourth-order valence-corrected chi connectivity index (χ4v) is 4.94. The zero-order valence-corrected chi connectivity index (χ0v) is 17.1. The highest BCUT2D eigenvalue weighted by atomic mass is 16.7. The number of nitrogens with zero attached hydrogens (tertiary/aromatic N) is 2. The number of hydrogen-bond acceptors (Lipinski definition) is 5. The van der Waals surface area contributed by atoms with Gasteiger partial charge in [0.2, 0.25) is 12.7 Å². The highest BCUT2D eigenvalue weighted by Crippen LogP contribution is 2.42. The average Bonchev–Trinajstić information content (AvgIpc) is 3.38. The predicted molar refractivity (Wildman–Crippen MR) is 107 cm³/mol. The van der Waals surface area contributed by atoms with Crippen LogP contribution in [0.3, 0.4) is 0 Å². The van der Waals surface area contributed by atoms with Crippen molar-refractivity contribution in [1.29, 1.82) is 0 Å². The van der Waals surface area contributed by atoms with Crippen LogP contribution in [0.25, 0.3) is 0 Å². The van der Waals surface area contributed by atoms with Crippen LogP contribution >= 0.6 is 0 Å². The summed E-state index contributed by atoms with van der Waals surface area (Å²) in [6.07, 6.45) is 4.73. The third kappa shape index (κ3) is 3.06. The van der Waals surface area contributed by atoms with E-state index in [-0.39, 0.29) is 30.3 Å². The summed E-state index contributed by atoms with van der Waals surface area (Å²) in [6, 6.07) is 5.63. The second kappa shape index (κ2) is 6.90. The van der Waals surface area contributed by atoms with Gasteiger partial charge >= 0.3 is 0 Å². The number of hydrogen-bond donors (Lipinski definition) is 1. The lowest BCUT2D eigenvalue weighted by atomic mass is 9.94. The number of fused-ring (bicyclic) bond motifs is 1. The summed E-state index contributed by atoms with van der Waals surface area (Å²) in [5.41, 5.74) is 0.329. The summed E-state index contributed by atoms with van der Waals surface area (Å²) in [7, 11) is 0. The molecule has 7 heteroatoms. The smallest absolute Gasteiger partial charge is 0.253 e. The van der Waals surface area contributed by atoms with Crippen LogP contribution < -0.4 is 14.8 Å². The second-order valence-electron chi connectivity index (χ2n) is 8.84. The Kier molecular flexibility index (Phi) is 4.46. The number of piperidine rings is 1. The maximum Gasteiger partial charge on any atom is 0.253 e. The quantitative estimate of drug-likeness (QED) is 0.842. The maximum atomic E-state index is 13.2. The molecule has 1 N–H and O–H groups in total. The standard InChI is InChI=1S/C22H29N3O4/c1-3-14(2)19-21(27)25(16-5-6-16)22(23-19)8-10-24(11-9-22)20(26)15-4-7-17-18(12-15)29-13-28-17/h4,7,12,14,16,19,23H,3,5-6,8-11,13H2,1-2H3. The monoisotopic (exact) mass is 399 g/mol. The lowest BCUT2D eigenvalue weighted by molar-refractivity contribution is -0.134. The SMILES string of the molecule is CCC(C)C1NC2(CCN(C(=O)c3ccc4c(c3)OCO4)CC2)N(C2CC2)C1=O. The third-order valence-corrected chi connectivity index (χ3v) is 7.01. The molecule has 156 valence electrons. The number of rotatable bonds is 4. The summed E-state index contributed by atoms with van der Waals surface area (Å²) >= 11 is 0. The van der Waals surface area contributed by atoms with E-state index in [9.17, 15) is 9.59 Å². The summed E-state index contributed by atoms with van der Waals surface area (Å²) in [6.45, 7) is 5.78. The fourth-order valence-electron chi connectivity index (χ4n) is 4.94. The van der Waals surface area contributed by atoms with Crippen LogP contribution in [-0.2, 0) is 4.79 Å². The number of amides is 2. The number of carbonyl (C=O) groups excluding carboxylic acids is 2. The van der Waals surface area contributed by atoms with E-state index in [1.807, 2.05) is 4.90 Å². The first kappa shape index (κ1) is 18.7. The van der Waals surface area contributed by atoms with Gasteiger partial charge in [-0.1, -0.05) is 20.3 Å². The lowest BCUT2D eigenvalue weighted by Gasteiger charge is -2.45. The van der Waals surface area contributed by atoms with E-state index in [0.717, 1.165) is 32.1 Å². The van der Waals surface area contributed by atoms with Crippen LogP contribution in [0.1, 0.15) is 56.3 Å². The van der Waals surface area contributed by atoms with Crippen molar-refractivity contribution in [2.75, 3.05) is 19.9 Å². The van der Waals surface area contributed by atoms with Gasteiger partial charge in [-0.05, 0) is 37.0 Å². The molecule has 2 atom stereocenters. The molecule has 0 radical (unpaired) electrons. The highest BCUT2D eigenvalue weighted by molar-refractivity contribution is 5.95. The van der Waals surface area contributed by atoms with Crippen molar-refractivity contribution in [3.8, 4) is 11.5 Å². The van der Waals surface area contributed by atoms with Crippen molar-refractivity contribution in [1.82, 2.24) is 15.1 Å². The maximum absolute atomic E-state index is 13.2. The van der Waals surface area contributed by atoms with Crippen molar-refractivity contribution in [2.45, 2.75) is 63.7 Å². The van der Waals surface area contributed by atoms with Gasteiger partial charge in [-0.2, -0.15) is 0 Å². The molecular formula is C22H29N3O4. The van der Waals surface area contributed by atoms with Crippen LogP contribution in [0.4, 0.5) is 0 Å². The molecule has 0 aromatic heterocycles. The molecule has 3 aliphatic heterocycles. The molecule has 0 bridgehead atoms. The third-order valence-electron chi connectivity index (χ3n) is 7.01. The van der Waals surface area contributed by atoms with Gasteiger partial charge in [0.1, 0.15) is 0 Å². The first-order valence-corrected chi connectivity index (χ1v) is 10.8. The van der Waals surface area contributed by atoms with E-state index in [1.54, 1.807) is 18.2 Å². The fraction of sp³-hybridized carbons (Fsp3) is 0.636. The highest BCUT2D eigenvalue weighted by Gasteiger charge is 2.56. The zero-order valence-electron chi connectivity index (χ0n) is 17.1. The van der Waals surface area contributed by atoms with Crippen LogP contribution in [-0.4, -0.2) is 59.2 Å². The van der Waals surface area contributed by atoms with Gasteiger partial charge in [0.05, 0.1) is 11.7 Å². The van der Waals surface area contributed by atoms with Crippen LogP contribution in [0.2, 0.25) is 0 Å². The molecule has 2 saturated heterocycles. The number of likely N-dealkylation sites (tertiary alicyclic amines) is 1. The van der Waals surface area contributed by atoms with Crippen molar-refractivity contribution in [3.05, 3.63) is 23.8 Å². The van der Waals surface area contributed by atoms with Crippen molar-refractivity contribution >= 4 is 11.8 Å². The predicted octanol–water partition coefficient (Wildman–Crippen LogP) is 2.36. The minimum Gasteiger partial charge on any atom is -0.454 e. The van der Waals surface area contributed by atoms with Crippen molar-refractivity contribution in [2.24, 2.45) is 5.92 Å². The Morgan fingerprint density at radius 1 is 1.24 bits per heavy atom. The van der Waals surface area contributed by atoms with E-state index < -0.39 is 0 Å². The van der Waals surface area contributed by atoms with Gasteiger partial charge in [0, 0.05) is 37.5 Å². The molecule has 4 aliphatic rings. The Hall–Kier alpha value is -2.28. The molecule has 5 rings (SSSR count). The number of carbonyl (C=O) groups is 2. The van der Waals surface area contributed by atoms with Crippen LogP contribution in [0.15, 0.2) is 18.2 Å². The Labute approximate surface area is 171 Å². The van der Waals surface area contributed by atoms with E-state index in [1.165, 1.54) is 0 Å². The van der Waals surface area contributed by atoms with E-state index >= 15 is 0 Å². The van der Waals surface area contributed by atoms with Crippen LogP contribution in [0, 0.1) is 5.92 Å². The van der Waals surface area contributed by atoms with E-state index in [4.69, 9.17) is 9.47 Å². The number of ether oxygens (including phenoxy) is 2. The Balaban J connectivity index is 1.31. The average molecular weight is 399 g/mol. The molecule has 29 heavy (non-hydrogen) atoms.